The van der Waals surface area contributed by atoms with E-state index in [-0.39, 0.29) is 6.03 Å². The molecule has 1 aromatic heterocycles. The Labute approximate surface area is 162 Å². The topological polar surface area (TPSA) is 76.1 Å². The Hall–Kier alpha value is -2.93. The first-order chi connectivity index (χ1) is 13.0. The van der Waals surface area contributed by atoms with Crippen LogP contribution in [0.1, 0.15) is 19.4 Å². The number of amides is 2. The van der Waals surface area contributed by atoms with E-state index in [4.69, 9.17) is 4.74 Å². The molecular formula is C20H22N4O2S. The zero-order chi connectivity index (χ0) is 19.2. The van der Waals surface area contributed by atoms with Gasteiger partial charge in [0, 0.05) is 17.1 Å². The van der Waals surface area contributed by atoms with Gasteiger partial charge in [0.1, 0.15) is 5.75 Å². The summed E-state index contributed by atoms with van der Waals surface area (Å²) in [6, 6.07) is 14.9. The fourth-order valence-corrected chi connectivity index (χ4v) is 2.92. The fourth-order valence-electron chi connectivity index (χ4n) is 2.34. The molecule has 2 N–H and O–H groups in total. The van der Waals surface area contributed by atoms with E-state index in [2.05, 4.69) is 33.8 Å². The number of anilines is 2. The molecule has 3 aromatic rings. The standard InChI is InChI=1S/C20H22N4O2S/c1-13(2)12-26-17-11-14(3)9-10-16(17)21-19(25)23-20-22-18(24-27-20)15-7-5-4-6-8-15/h4-11,13H,12H2,1-3H3,(H2,21,22,23,24,25). The van der Waals surface area contributed by atoms with Crippen molar-refractivity contribution in [3.8, 4) is 17.1 Å². The Morgan fingerprint density at radius 2 is 1.93 bits per heavy atom. The van der Waals surface area contributed by atoms with Crippen LogP contribution < -0.4 is 15.4 Å². The minimum Gasteiger partial charge on any atom is -0.491 e. The zero-order valence-electron chi connectivity index (χ0n) is 15.5. The van der Waals surface area contributed by atoms with Crippen molar-refractivity contribution in [1.29, 1.82) is 0 Å². The largest absolute Gasteiger partial charge is 0.491 e. The summed E-state index contributed by atoms with van der Waals surface area (Å²) in [5.41, 5.74) is 2.59. The van der Waals surface area contributed by atoms with Gasteiger partial charge in [-0.3, -0.25) is 5.32 Å². The van der Waals surface area contributed by atoms with Crippen LogP contribution in [-0.4, -0.2) is 22.0 Å². The second-order valence-corrected chi connectivity index (χ2v) is 7.32. The molecule has 0 aliphatic rings. The van der Waals surface area contributed by atoms with Gasteiger partial charge in [0.2, 0.25) is 5.13 Å². The molecule has 2 amide bonds. The maximum atomic E-state index is 12.4. The summed E-state index contributed by atoms with van der Waals surface area (Å²) >= 11 is 1.14. The maximum absolute atomic E-state index is 12.4. The highest BCUT2D eigenvalue weighted by molar-refractivity contribution is 7.10. The van der Waals surface area contributed by atoms with Crippen molar-refractivity contribution in [2.24, 2.45) is 5.92 Å². The molecule has 6 nitrogen and oxygen atoms in total. The van der Waals surface area contributed by atoms with Crippen LogP contribution in [0.5, 0.6) is 5.75 Å². The second-order valence-electron chi connectivity index (χ2n) is 6.57. The van der Waals surface area contributed by atoms with Gasteiger partial charge in [-0.2, -0.15) is 9.36 Å². The van der Waals surface area contributed by atoms with Crippen LogP contribution in [0.15, 0.2) is 48.5 Å². The van der Waals surface area contributed by atoms with Gasteiger partial charge >= 0.3 is 6.03 Å². The van der Waals surface area contributed by atoms with Crippen molar-refractivity contribution in [1.82, 2.24) is 9.36 Å². The summed E-state index contributed by atoms with van der Waals surface area (Å²) in [7, 11) is 0. The molecule has 27 heavy (non-hydrogen) atoms. The Balaban J connectivity index is 1.67. The van der Waals surface area contributed by atoms with Crippen LogP contribution in [-0.2, 0) is 0 Å². The number of carbonyl (C=O) groups excluding carboxylic acids is 1. The lowest BCUT2D eigenvalue weighted by Crippen LogP contribution is -2.20. The molecule has 0 bridgehead atoms. The van der Waals surface area contributed by atoms with E-state index in [1.54, 1.807) is 0 Å². The lowest BCUT2D eigenvalue weighted by Gasteiger charge is -2.14. The number of rotatable bonds is 6. The number of nitrogens with zero attached hydrogens (tertiary/aromatic N) is 2. The number of aryl methyl sites for hydroxylation is 1. The number of nitrogens with one attached hydrogen (secondary N) is 2. The second kappa shape index (κ2) is 8.64. The molecule has 0 aliphatic heterocycles. The van der Waals surface area contributed by atoms with Gasteiger partial charge < -0.3 is 10.1 Å². The van der Waals surface area contributed by atoms with Gasteiger partial charge in [-0.25, -0.2) is 4.79 Å². The third-order valence-corrected chi connectivity index (χ3v) is 4.27. The molecule has 0 unspecified atom stereocenters. The van der Waals surface area contributed by atoms with Crippen LogP contribution in [0.25, 0.3) is 11.4 Å². The maximum Gasteiger partial charge on any atom is 0.325 e. The molecule has 1 heterocycles. The molecule has 0 saturated carbocycles. The van der Waals surface area contributed by atoms with E-state index in [9.17, 15) is 4.79 Å². The van der Waals surface area contributed by atoms with Gasteiger partial charge in [0.15, 0.2) is 5.82 Å². The highest BCUT2D eigenvalue weighted by Crippen LogP contribution is 2.27. The minimum atomic E-state index is -0.385. The van der Waals surface area contributed by atoms with E-state index in [0.29, 0.717) is 34.9 Å². The Morgan fingerprint density at radius 3 is 2.67 bits per heavy atom. The van der Waals surface area contributed by atoms with E-state index in [0.717, 1.165) is 22.7 Å². The van der Waals surface area contributed by atoms with E-state index < -0.39 is 0 Å². The molecule has 3 rings (SSSR count). The number of ether oxygens (including phenoxy) is 1. The highest BCUT2D eigenvalue weighted by Gasteiger charge is 2.12. The van der Waals surface area contributed by atoms with Gasteiger partial charge in [0.25, 0.3) is 0 Å². The number of benzene rings is 2. The molecule has 2 aromatic carbocycles. The quantitative estimate of drug-likeness (QED) is 0.615. The van der Waals surface area contributed by atoms with Crippen molar-refractivity contribution in [3.63, 3.8) is 0 Å². The van der Waals surface area contributed by atoms with Gasteiger partial charge in [-0.1, -0.05) is 50.2 Å². The Kier molecular flexibility index (Phi) is 6.03. The predicted octanol–water partition coefficient (Wildman–Crippen LogP) is 5.19. The summed E-state index contributed by atoms with van der Waals surface area (Å²) in [6.45, 7) is 6.72. The van der Waals surface area contributed by atoms with Crippen molar-refractivity contribution in [3.05, 3.63) is 54.1 Å². The molecule has 0 saturated heterocycles. The summed E-state index contributed by atoms with van der Waals surface area (Å²) in [4.78, 5) is 16.7. The number of urea groups is 1. The molecule has 0 atom stereocenters. The third kappa shape index (κ3) is 5.27. The third-order valence-electron chi connectivity index (χ3n) is 3.64. The fraction of sp³-hybridized carbons (Fsp3) is 0.250. The normalized spacial score (nSPS) is 10.7. The van der Waals surface area contributed by atoms with Crippen LogP contribution in [0.2, 0.25) is 0 Å². The van der Waals surface area contributed by atoms with Crippen LogP contribution >= 0.6 is 11.5 Å². The number of hydrogen-bond donors (Lipinski definition) is 2. The van der Waals surface area contributed by atoms with E-state index in [1.165, 1.54) is 0 Å². The van der Waals surface area contributed by atoms with Gasteiger partial charge in [-0.05, 0) is 30.5 Å². The average molecular weight is 382 g/mol. The van der Waals surface area contributed by atoms with Gasteiger partial charge in [0.05, 0.1) is 12.3 Å². The summed E-state index contributed by atoms with van der Waals surface area (Å²) < 4.78 is 10.1. The number of hydrogen-bond acceptors (Lipinski definition) is 5. The molecule has 0 aliphatic carbocycles. The van der Waals surface area contributed by atoms with Crippen LogP contribution in [0, 0.1) is 12.8 Å². The first-order valence-corrected chi connectivity index (χ1v) is 9.49. The summed E-state index contributed by atoms with van der Waals surface area (Å²) in [5, 5.41) is 5.98. The highest BCUT2D eigenvalue weighted by atomic mass is 32.1. The van der Waals surface area contributed by atoms with Crippen molar-refractivity contribution >= 4 is 28.4 Å². The van der Waals surface area contributed by atoms with Crippen molar-refractivity contribution in [2.45, 2.75) is 20.8 Å². The van der Waals surface area contributed by atoms with E-state index in [1.807, 2.05) is 55.5 Å². The monoisotopic (exact) mass is 382 g/mol. The number of carbonyl (C=O) groups is 1. The lowest BCUT2D eigenvalue weighted by atomic mass is 10.2. The summed E-state index contributed by atoms with van der Waals surface area (Å²) in [5.74, 6) is 1.64. The first-order valence-electron chi connectivity index (χ1n) is 8.72. The van der Waals surface area contributed by atoms with Crippen molar-refractivity contribution < 1.29 is 9.53 Å². The molecular weight excluding hydrogens is 360 g/mol. The first kappa shape index (κ1) is 18.8. The summed E-state index contributed by atoms with van der Waals surface area (Å²) in [6.07, 6.45) is 0. The van der Waals surface area contributed by atoms with E-state index >= 15 is 0 Å². The average Bonchev–Trinajstić information content (AvgIpc) is 3.11. The Morgan fingerprint density at radius 1 is 1.15 bits per heavy atom. The zero-order valence-corrected chi connectivity index (χ0v) is 16.3. The van der Waals surface area contributed by atoms with Gasteiger partial charge in [-0.15, -0.1) is 0 Å². The predicted molar refractivity (Wildman–Crippen MR) is 109 cm³/mol. The lowest BCUT2D eigenvalue weighted by molar-refractivity contribution is 0.260. The SMILES string of the molecule is Cc1ccc(NC(=O)Nc2nc(-c3ccccc3)ns2)c(OCC(C)C)c1. The minimum absolute atomic E-state index is 0.385. The molecule has 7 heteroatoms. The molecule has 140 valence electrons. The number of aromatic nitrogens is 2. The molecule has 0 radical (unpaired) electrons. The van der Waals surface area contributed by atoms with Crippen molar-refractivity contribution in [2.75, 3.05) is 17.2 Å². The smallest absolute Gasteiger partial charge is 0.325 e. The Bertz CT molecular complexity index is 909. The van der Waals surface area contributed by atoms with Crippen LogP contribution in [0.3, 0.4) is 0 Å². The molecule has 0 fully saturated rings. The van der Waals surface area contributed by atoms with Crippen LogP contribution in [0.4, 0.5) is 15.6 Å². The molecule has 0 spiro atoms.